The maximum atomic E-state index is 12.0. The van der Waals surface area contributed by atoms with Gasteiger partial charge in [-0.05, 0) is 67.2 Å². The monoisotopic (exact) mass is 480 g/mol. The average Bonchev–Trinajstić information content (AvgIpc) is 3.29. The van der Waals surface area contributed by atoms with Crippen molar-refractivity contribution in [3.05, 3.63) is 0 Å². The van der Waals surface area contributed by atoms with Crippen molar-refractivity contribution in [1.29, 1.82) is 0 Å². The normalized spacial score (nSPS) is 28.6. The molecule has 0 aromatic heterocycles. The van der Waals surface area contributed by atoms with Crippen molar-refractivity contribution in [3.8, 4) is 0 Å². The second-order valence-corrected chi connectivity index (χ2v) is 11.5. The van der Waals surface area contributed by atoms with E-state index in [9.17, 15) is 19.2 Å². The van der Waals surface area contributed by atoms with Gasteiger partial charge in [0.05, 0.1) is 24.2 Å². The highest BCUT2D eigenvalue weighted by atomic mass is 16.6. The van der Waals surface area contributed by atoms with Gasteiger partial charge in [-0.1, -0.05) is 0 Å². The van der Waals surface area contributed by atoms with Crippen LogP contribution in [0.2, 0.25) is 0 Å². The fraction of sp³-hybridized carbons (Fsp3) is 0.833. The zero-order chi connectivity index (χ0) is 25.3. The number of likely N-dealkylation sites (tertiary alicyclic amines) is 2. The van der Waals surface area contributed by atoms with Gasteiger partial charge in [0.1, 0.15) is 11.2 Å². The molecule has 2 N–H and O–H groups in total. The molecule has 0 unspecified atom stereocenters. The minimum Gasteiger partial charge on any atom is -0.444 e. The van der Waals surface area contributed by atoms with Gasteiger partial charge in [0.2, 0.25) is 11.8 Å². The number of nitrogens with one attached hydrogen (secondary N) is 2. The van der Waals surface area contributed by atoms with Gasteiger partial charge in [-0.25, -0.2) is 9.59 Å². The summed E-state index contributed by atoms with van der Waals surface area (Å²) in [6.45, 7) is 12.5. The van der Waals surface area contributed by atoms with Gasteiger partial charge < -0.3 is 29.9 Å². The fourth-order valence-electron chi connectivity index (χ4n) is 4.97. The molecule has 0 spiro atoms. The Balaban J connectivity index is 0.000000191. The quantitative estimate of drug-likeness (QED) is 0.550. The standard InChI is InChI=1S/2C12H20N2O3/c2*1-12(2,3)17-11(16)14-7-6-8-9(14)4-5-10(15)13-8/h2*8-9H,4-7H2,1-3H3,(H,13,15)/t2*8-,9-/m10/s1. The van der Waals surface area contributed by atoms with Gasteiger partial charge in [-0.3, -0.25) is 9.59 Å². The number of hydrogen-bond acceptors (Lipinski definition) is 6. The van der Waals surface area contributed by atoms with Crippen LogP contribution in [0.15, 0.2) is 0 Å². The van der Waals surface area contributed by atoms with Crippen LogP contribution >= 0.6 is 0 Å². The Bertz CT molecular complexity index is 736. The maximum Gasteiger partial charge on any atom is 0.410 e. The molecule has 0 saturated carbocycles. The molecule has 4 atom stereocenters. The summed E-state index contributed by atoms with van der Waals surface area (Å²) in [5.74, 6) is 0.189. The number of hydrogen-bond donors (Lipinski definition) is 2. The molecule has 192 valence electrons. The van der Waals surface area contributed by atoms with Crippen molar-refractivity contribution >= 4 is 24.0 Å². The number of carbonyl (C=O) groups is 4. The molecule has 4 aliphatic rings. The third kappa shape index (κ3) is 6.76. The van der Waals surface area contributed by atoms with E-state index in [1.165, 1.54) is 0 Å². The zero-order valence-electron chi connectivity index (χ0n) is 21.3. The van der Waals surface area contributed by atoms with Crippen LogP contribution in [0.3, 0.4) is 0 Å². The van der Waals surface area contributed by atoms with E-state index in [0.717, 1.165) is 25.7 Å². The molecule has 0 aromatic carbocycles. The number of fused-ring (bicyclic) bond motifs is 2. The second-order valence-electron chi connectivity index (χ2n) is 11.5. The summed E-state index contributed by atoms with van der Waals surface area (Å²) in [6.07, 6.45) is 3.62. The van der Waals surface area contributed by atoms with Crippen LogP contribution < -0.4 is 10.6 Å². The van der Waals surface area contributed by atoms with Crippen molar-refractivity contribution in [3.63, 3.8) is 0 Å². The van der Waals surface area contributed by atoms with Crippen molar-refractivity contribution in [2.24, 2.45) is 0 Å². The minimum atomic E-state index is -0.465. The largest absolute Gasteiger partial charge is 0.444 e. The van der Waals surface area contributed by atoms with Crippen molar-refractivity contribution in [2.45, 2.75) is 115 Å². The lowest BCUT2D eigenvalue weighted by molar-refractivity contribution is -0.124. The molecule has 4 amide bonds. The summed E-state index contributed by atoms with van der Waals surface area (Å²) < 4.78 is 10.7. The molecule has 4 rings (SSSR count). The fourth-order valence-corrected chi connectivity index (χ4v) is 4.97. The Morgan fingerprint density at radius 1 is 0.706 bits per heavy atom. The topological polar surface area (TPSA) is 117 Å². The maximum absolute atomic E-state index is 12.0. The van der Waals surface area contributed by atoms with Crippen LogP contribution in [-0.2, 0) is 19.1 Å². The molecule has 0 aliphatic carbocycles. The molecule has 0 radical (unpaired) electrons. The predicted octanol–water partition coefficient (Wildman–Crippen LogP) is 2.55. The van der Waals surface area contributed by atoms with Crippen LogP contribution in [-0.4, -0.2) is 82.3 Å². The van der Waals surface area contributed by atoms with Crippen LogP contribution in [0.5, 0.6) is 0 Å². The van der Waals surface area contributed by atoms with E-state index < -0.39 is 11.2 Å². The smallest absolute Gasteiger partial charge is 0.410 e. The minimum absolute atomic E-state index is 0.0947. The van der Waals surface area contributed by atoms with Gasteiger partial charge in [0, 0.05) is 25.9 Å². The summed E-state index contributed by atoms with van der Waals surface area (Å²) >= 11 is 0. The molecular weight excluding hydrogens is 440 g/mol. The lowest BCUT2D eigenvalue weighted by atomic mass is 9.99. The van der Waals surface area contributed by atoms with Crippen LogP contribution in [0, 0.1) is 0 Å². The van der Waals surface area contributed by atoms with E-state index in [0.29, 0.717) is 25.9 Å². The molecule has 4 aliphatic heterocycles. The molecule has 10 heteroatoms. The molecule has 4 fully saturated rings. The van der Waals surface area contributed by atoms with E-state index in [-0.39, 0.29) is 48.2 Å². The number of nitrogens with zero attached hydrogens (tertiary/aromatic N) is 2. The van der Waals surface area contributed by atoms with Gasteiger partial charge >= 0.3 is 12.2 Å². The molecule has 4 heterocycles. The lowest BCUT2D eigenvalue weighted by Gasteiger charge is -2.33. The number of rotatable bonds is 0. The lowest BCUT2D eigenvalue weighted by Crippen LogP contribution is -2.51. The Kier molecular flexibility index (Phi) is 7.67. The van der Waals surface area contributed by atoms with E-state index >= 15 is 0 Å². The van der Waals surface area contributed by atoms with Crippen molar-refractivity contribution in [1.82, 2.24) is 20.4 Å². The third-order valence-electron chi connectivity index (χ3n) is 6.37. The number of carbonyl (C=O) groups excluding carboxylic acids is 4. The van der Waals surface area contributed by atoms with Crippen molar-refractivity contribution < 1.29 is 28.7 Å². The number of amides is 4. The third-order valence-corrected chi connectivity index (χ3v) is 6.37. The van der Waals surface area contributed by atoms with Gasteiger partial charge in [-0.15, -0.1) is 0 Å². The summed E-state index contributed by atoms with van der Waals surface area (Å²) in [5.41, 5.74) is -0.930. The molecule has 0 bridgehead atoms. The number of piperidine rings is 2. The molecule has 10 nitrogen and oxygen atoms in total. The van der Waals surface area contributed by atoms with Crippen LogP contribution in [0.25, 0.3) is 0 Å². The summed E-state index contributed by atoms with van der Waals surface area (Å²) in [6, 6.07) is 0.456. The predicted molar refractivity (Wildman–Crippen MR) is 125 cm³/mol. The van der Waals surface area contributed by atoms with Crippen LogP contribution in [0.1, 0.15) is 80.1 Å². The van der Waals surface area contributed by atoms with E-state index in [1.807, 2.05) is 41.5 Å². The summed E-state index contributed by atoms with van der Waals surface area (Å²) in [4.78, 5) is 50.0. The first-order valence-corrected chi connectivity index (χ1v) is 12.3. The summed E-state index contributed by atoms with van der Waals surface area (Å²) in [5, 5.41) is 5.88. The Labute approximate surface area is 202 Å². The highest BCUT2D eigenvalue weighted by Crippen LogP contribution is 2.28. The summed E-state index contributed by atoms with van der Waals surface area (Å²) in [7, 11) is 0. The zero-order valence-corrected chi connectivity index (χ0v) is 21.3. The van der Waals surface area contributed by atoms with Gasteiger partial charge in [-0.2, -0.15) is 0 Å². The Morgan fingerprint density at radius 2 is 1.06 bits per heavy atom. The highest BCUT2D eigenvalue weighted by molar-refractivity contribution is 5.79. The Hall–Kier alpha value is -2.52. The van der Waals surface area contributed by atoms with E-state index in [1.54, 1.807) is 9.80 Å². The first kappa shape index (κ1) is 26.1. The van der Waals surface area contributed by atoms with Gasteiger partial charge in [0.15, 0.2) is 0 Å². The van der Waals surface area contributed by atoms with Crippen molar-refractivity contribution in [2.75, 3.05) is 13.1 Å². The first-order chi connectivity index (χ1) is 15.7. The molecule has 4 saturated heterocycles. The van der Waals surface area contributed by atoms with Crippen LogP contribution in [0.4, 0.5) is 9.59 Å². The second kappa shape index (κ2) is 10.00. The molecule has 34 heavy (non-hydrogen) atoms. The SMILES string of the molecule is CC(C)(C)OC(=O)N1CC[C@@H]2NC(=O)CC[C@@H]21.CC(C)(C)OC(=O)N1CC[C@H]2NC(=O)CC[C@H]21. The van der Waals surface area contributed by atoms with E-state index in [2.05, 4.69) is 10.6 Å². The first-order valence-electron chi connectivity index (χ1n) is 12.3. The van der Waals surface area contributed by atoms with E-state index in [4.69, 9.17) is 9.47 Å². The van der Waals surface area contributed by atoms with Gasteiger partial charge in [0.25, 0.3) is 0 Å². The Morgan fingerprint density at radius 3 is 1.38 bits per heavy atom. The average molecular weight is 481 g/mol. The molecular formula is C24H40N4O6. The molecule has 0 aromatic rings. The number of ether oxygens (including phenoxy) is 2. The highest BCUT2D eigenvalue weighted by Gasteiger charge is 2.43.